The Morgan fingerprint density at radius 1 is 1.53 bits per heavy atom. The lowest BCUT2D eigenvalue weighted by Gasteiger charge is -2.14. The van der Waals surface area contributed by atoms with Crippen molar-refractivity contribution in [3.8, 4) is 0 Å². The van der Waals surface area contributed by atoms with Gasteiger partial charge in [0, 0.05) is 12.6 Å². The Bertz CT molecular complexity index is 617. The van der Waals surface area contributed by atoms with Crippen molar-refractivity contribution in [3.05, 3.63) is 17.5 Å². The number of fused-ring (bicyclic) bond motifs is 1. The number of halogens is 1. The number of ether oxygens (including phenoxy) is 1. The molecule has 1 aliphatic rings. The number of nitrogens with zero attached hydrogens (tertiary/aromatic N) is 3. The van der Waals surface area contributed by atoms with E-state index in [2.05, 4.69) is 9.97 Å². The molecule has 0 saturated carbocycles. The monoisotopic (exact) mass is 284 g/mol. The number of nitrogen functional groups attached to an aromatic ring is 1. The molecule has 0 unspecified atom stereocenters. The van der Waals surface area contributed by atoms with E-state index in [1.807, 2.05) is 0 Å². The van der Waals surface area contributed by atoms with Gasteiger partial charge in [-0.1, -0.05) is 11.6 Å². The third-order valence-electron chi connectivity index (χ3n) is 3.29. The maximum Gasteiger partial charge on any atom is 0.149 e. The molecule has 3 heterocycles. The second-order valence-corrected chi connectivity index (χ2v) is 4.86. The van der Waals surface area contributed by atoms with Crippen molar-refractivity contribution >= 4 is 28.5 Å². The standard InChI is InChI=1S/C11H13ClN4O3/c12-5-2-16(8-1-6(18)7(3-17)19-8)11-9(5)10(13)14-4-15-11/h2,4,6-8,17-18H,1,3H2,(H2,13,14,15)/t6-,7+,8+/m0/s1. The minimum absolute atomic E-state index is 0.234. The Labute approximate surface area is 113 Å². The molecule has 8 heteroatoms. The minimum Gasteiger partial charge on any atom is -0.394 e. The highest BCUT2D eigenvalue weighted by molar-refractivity contribution is 6.36. The number of aromatic nitrogens is 3. The minimum atomic E-state index is -0.717. The van der Waals surface area contributed by atoms with Crippen LogP contribution in [0.4, 0.5) is 5.82 Å². The topological polar surface area (TPSA) is 106 Å². The van der Waals surface area contributed by atoms with Crippen LogP contribution in [0.3, 0.4) is 0 Å². The predicted molar refractivity (Wildman–Crippen MR) is 68.6 cm³/mol. The van der Waals surface area contributed by atoms with E-state index >= 15 is 0 Å². The van der Waals surface area contributed by atoms with E-state index in [4.69, 9.17) is 27.2 Å². The number of rotatable bonds is 2. The van der Waals surface area contributed by atoms with Crippen molar-refractivity contribution in [3.63, 3.8) is 0 Å². The summed E-state index contributed by atoms with van der Waals surface area (Å²) in [5.41, 5.74) is 6.32. The number of hydrogen-bond donors (Lipinski definition) is 3. The molecule has 0 aromatic carbocycles. The van der Waals surface area contributed by atoms with Crippen LogP contribution in [0.15, 0.2) is 12.5 Å². The Morgan fingerprint density at radius 2 is 2.32 bits per heavy atom. The summed E-state index contributed by atoms with van der Waals surface area (Å²) in [6, 6.07) is 0. The zero-order valence-corrected chi connectivity index (χ0v) is 10.7. The molecule has 3 rings (SSSR count). The smallest absolute Gasteiger partial charge is 0.149 e. The van der Waals surface area contributed by atoms with E-state index < -0.39 is 18.4 Å². The van der Waals surface area contributed by atoms with Crippen LogP contribution in [0.2, 0.25) is 5.02 Å². The molecule has 2 aromatic rings. The van der Waals surface area contributed by atoms with Crippen LogP contribution in [0.25, 0.3) is 11.0 Å². The van der Waals surface area contributed by atoms with Crippen molar-refractivity contribution < 1.29 is 14.9 Å². The zero-order valence-electron chi connectivity index (χ0n) is 9.90. The van der Waals surface area contributed by atoms with Crippen LogP contribution in [0.1, 0.15) is 12.6 Å². The molecule has 2 aromatic heterocycles. The second kappa shape index (κ2) is 4.61. The highest BCUT2D eigenvalue weighted by atomic mass is 35.5. The van der Waals surface area contributed by atoms with Gasteiger partial charge in [0.05, 0.1) is 23.1 Å². The van der Waals surface area contributed by atoms with E-state index in [1.165, 1.54) is 6.33 Å². The van der Waals surface area contributed by atoms with Crippen LogP contribution >= 0.6 is 11.6 Å². The first-order valence-corrected chi connectivity index (χ1v) is 6.20. The molecular formula is C11H13ClN4O3. The molecule has 1 saturated heterocycles. The Kier molecular flexibility index (Phi) is 3.06. The van der Waals surface area contributed by atoms with Gasteiger partial charge in [-0.05, 0) is 0 Å². The fourth-order valence-electron chi connectivity index (χ4n) is 2.33. The number of aliphatic hydroxyl groups excluding tert-OH is 2. The number of nitrogens with two attached hydrogens (primary N) is 1. The second-order valence-electron chi connectivity index (χ2n) is 4.46. The van der Waals surface area contributed by atoms with Crippen molar-refractivity contribution in [2.24, 2.45) is 0 Å². The quantitative estimate of drug-likeness (QED) is 0.733. The van der Waals surface area contributed by atoms with Gasteiger partial charge in [0.1, 0.15) is 30.1 Å². The van der Waals surface area contributed by atoms with E-state index in [0.717, 1.165) is 0 Å². The van der Waals surface area contributed by atoms with Crippen LogP contribution in [0, 0.1) is 0 Å². The number of aliphatic hydroxyl groups is 2. The van der Waals surface area contributed by atoms with E-state index in [1.54, 1.807) is 10.8 Å². The molecule has 102 valence electrons. The van der Waals surface area contributed by atoms with Crippen LogP contribution in [-0.4, -0.2) is 43.6 Å². The van der Waals surface area contributed by atoms with E-state index in [9.17, 15) is 5.11 Å². The molecular weight excluding hydrogens is 272 g/mol. The SMILES string of the molecule is Nc1ncnc2c1c(Cl)cn2[C@H]1C[C@H](O)[C@@H](CO)O1. The fourth-order valence-corrected chi connectivity index (χ4v) is 2.62. The molecule has 0 bridgehead atoms. The lowest BCUT2D eigenvalue weighted by atomic mass is 10.2. The van der Waals surface area contributed by atoms with Gasteiger partial charge in [0.2, 0.25) is 0 Å². The van der Waals surface area contributed by atoms with Crippen LogP contribution < -0.4 is 5.73 Å². The molecule has 1 fully saturated rings. The molecule has 3 atom stereocenters. The van der Waals surface area contributed by atoms with E-state index in [0.29, 0.717) is 28.3 Å². The first-order valence-electron chi connectivity index (χ1n) is 5.82. The van der Waals surface area contributed by atoms with Crippen molar-refractivity contribution in [2.75, 3.05) is 12.3 Å². The summed E-state index contributed by atoms with van der Waals surface area (Å²) in [7, 11) is 0. The van der Waals surface area contributed by atoms with Crippen molar-refractivity contribution in [1.29, 1.82) is 0 Å². The molecule has 0 aliphatic carbocycles. The maximum atomic E-state index is 9.77. The third-order valence-corrected chi connectivity index (χ3v) is 3.57. The van der Waals surface area contributed by atoms with Gasteiger partial charge < -0.3 is 25.3 Å². The molecule has 0 radical (unpaired) electrons. The molecule has 0 amide bonds. The molecule has 19 heavy (non-hydrogen) atoms. The van der Waals surface area contributed by atoms with Crippen molar-refractivity contribution in [2.45, 2.75) is 24.9 Å². The summed E-state index contributed by atoms with van der Waals surface area (Å²) in [5, 5.41) is 19.9. The normalized spacial score (nSPS) is 27.2. The van der Waals surface area contributed by atoms with Gasteiger partial charge in [-0.2, -0.15) is 0 Å². The largest absolute Gasteiger partial charge is 0.394 e. The first-order chi connectivity index (χ1) is 9.11. The van der Waals surface area contributed by atoms with Gasteiger partial charge >= 0.3 is 0 Å². The molecule has 1 aliphatic heterocycles. The summed E-state index contributed by atoms with van der Waals surface area (Å²) in [5.74, 6) is 0.297. The highest BCUT2D eigenvalue weighted by Gasteiger charge is 2.35. The number of anilines is 1. The first kappa shape index (κ1) is 12.6. The van der Waals surface area contributed by atoms with Gasteiger partial charge in [-0.15, -0.1) is 0 Å². The van der Waals surface area contributed by atoms with E-state index in [-0.39, 0.29) is 6.61 Å². The predicted octanol–water partition coefficient (Wildman–Crippen LogP) is 0.308. The molecule has 0 spiro atoms. The Hall–Kier alpha value is -1.41. The lowest BCUT2D eigenvalue weighted by Crippen LogP contribution is -2.24. The highest BCUT2D eigenvalue weighted by Crippen LogP contribution is 2.35. The van der Waals surface area contributed by atoms with Crippen molar-refractivity contribution in [1.82, 2.24) is 14.5 Å². The third kappa shape index (κ3) is 1.95. The zero-order chi connectivity index (χ0) is 13.6. The summed E-state index contributed by atoms with van der Waals surface area (Å²) in [6.45, 7) is -0.234. The average Bonchev–Trinajstić information content (AvgIpc) is 2.91. The lowest BCUT2D eigenvalue weighted by molar-refractivity contribution is -0.0430. The summed E-state index contributed by atoms with van der Waals surface area (Å²) < 4.78 is 7.28. The molecule has 4 N–H and O–H groups in total. The molecule has 7 nitrogen and oxygen atoms in total. The van der Waals surface area contributed by atoms with Gasteiger partial charge in [0.15, 0.2) is 0 Å². The van der Waals surface area contributed by atoms with Crippen LogP contribution in [0.5, 0.6) is 0 Å². The van der Waals surface area contributed by atoms with Gasteiger partial charge in [-0.25, -0.2) is 9.97 Å². The summed E-state index contributed by atoms with van der Waals surface area (Å²) >= 11 is 6.12. The average molecular weight is 285 g/mol. The van der Waals surface area contributed by atoms with Gasteiger partial charge in [-0.3, -0.25) is 0 Å². The number of hydrogen-bond acceptors (Lipinski definition) is 6. The van der Waals surface area contributed by atoms with Gasteiger partial charge in [0.25, 0.3) is 0 Å². The maximum absolute atomic E-state index is 9.77. The fraction of sp³-hybridized carbons (Fsp3) is 0.455. The summed E-state index contributed by atoms with van der Waals surface area (Å²) in [4.78, 5) is 8.04. The summed E-state index contributed by atoms with van der Waals surface area (Å²) in [6.07, 6.45) is 1.60. The van der Waals surface area contributed by atoms with Crippen LogP contribution in [-0.2, 0) is 4.74 Å². The Balaban J connectivity index is 2.05. The Morgan fingerprint density at radius 3 is 3.00 bits per heavy atom.